The van der Waals surface area contributed by atoms with Gasteiger partial charge in [-0.3, -0.25) is 9.55 Å². The van der Waals surface area contributed by atoms with Gasteiger partial charge in [-0.15, -0.1) is 0 Å². The first-order chi connectivity index (χ1) is 13.8. The first kappa shape index (κ1) is 16.8. The zero-order chi connectivity index (χ0) is 18.9. The van der Waals surface area contributed by atoms with Gasteiger partial charge in [-0.1, -0.05) is 0 Å². The van der Waals surface area contributed by atoms with E-state index in [0.29, 0.717) is 24.9 Å². The van der Waals surface area contributed by atoms with E-state index in [-0.39, 0.29) is 5.82 Å². The monoisotopic (exact) mass is 376 g/mol. The summed E-state index contributed by atoms with van der Waals surface area (Å²) in [6.07, 6.45) is 6.42. The molecule has 1 saturated heterocycles. The maximum Gasteiger partial charge on any atom is 0.148 e. The van der Waals surface area contributed by atoms with Crippen LogP contribution in [0.1, 0.15) is 0 Å². The number of ether oxygens (including phenoxy) is 1. The Morgan fingerprint density at radius 1 is 0.893 bits per heavy atom. The van der Waals surface area contributed by atoms with Crippen LogP contribution in [0, 0.1) is 5.82 Å². The van der Waals surface area contributed by atoms with Gasteiger partial charge >= 0.3 is 0 Å². The molecule has 7 nitrogen and oxygen atoms in total. The number of halogens is 1. The second kappa shape index (κ2) is 6.97. The van der Waals surface area contributed by atoms with E-state index in [0.717, 1.165) is 35.5 Å². The summed E-state index contributed by atoms with van der Waals surface area (Å²) in [5.41, 5.74) is 2.43. The number of anilines is 1. The zero-order valence-corrected chi connectivity index (χ0v) is 15.0. The molecule has 28 heavy (non-hydrogen) atoms. The summed E-state index contributed by atoms with van der Waals surface area (Å²) in [6.45, 7) is 3.08. The van der Waals surface area contributed by atoms with Crippen LogP contribution in [0.15, 0.2) is 55.1 Å². The lowest BCUT2D eigenvalue weighted by molar-refractivity contribution is 0.122. The van der Waals surface area contributed by atoms with E-state index in [2.05, 4.69) is 19.9 Å². The molecule has 0 aromatic carbocycles. The molecule has 4 aromatic heterocycles. The summed E-state index contributed by atoms with van der Waals surface area (Å²) in [7, 11) is 0. The summed E-state index contributed by atoms with van der Waals surface area (Å²) < 4.78 is 20.6. The second-order valence-corrected chi connectivity index (χ2v) is 6.47. The number of imidazole rings is 1. The average Bonchev–Trinajstić information content (AvgIpc) is 3.15. The number of aromatic nitrogens is 5. The molecule has 0 aliphatic carbocycles. The van der Waals surface area contributed by atoms with Gasteiger partial charge in [0, 0.05) is 31.0 Å². The van der Waals surface area contributed by atoms with Gasteiger partial charge in [0.15, 0.2) is 0 Å². The third-order valence-electron chi connectivity index (χ3n) is 4.74. The molecule has 0 radical (unpaired) electrons. The van der Waals surface area contributed by atoms with Crippen molar-refractivity contribution in [1.29, 1.82) is 0 Å². The molecule has 5 heterocycles. The lowest BCUT2D eigenvalue weighted by Crippen LogP contribution is -2.36. The summed E-state index contributed by atoms with van der Waals surface area (Å²) in [6, 6.07) is 8.83. The average molecular weight is 376 g/mol. The molecular weight excluding hydrogens is 359 g/mol. The van der Waals surface area contributed by atoms with Crippen LogP contribution in [0.2, 0.25) is 0 Å². The highest BCUT2D eigenvalue weighted by molar-refractivity contribution is 5.82. The molecule has 0 N–H and O–H groups in total. The summed E-state index contributed by atoms with van der Waals surface area (Å²) in [5, 5.41) is 0. The van der Waals surface area contributed by atoms with Crippen LogP contribution in [0.5, 0.6) is 0 Å². The van der Waals surface area contributed by atoms with Crippen molar-refractivity contribution in [1.82, 2.24) is 24.5 Å². The van der Waals surface area contributed by atoms with Crippen molar-refractivity contribution in [3.8, 4) is 17.2 Å². The molecular formula is C20H17FN6O. The van der Waals surface area contributed by atoms with E-state index < -0.39 is 0 Å². The molecule has 0 spiro atoms. The Morgan fingerprint density at radius 3 is 2.46 bits per heavy atom. The molecule has 1 aliphatic rings. The third-order valence-corrected chi connectivity index (χ3v) is 4.74. The van der Waals surface area contributed by atoms with Crippen LogP contribution in [-0.4, -0.2) is 50.8 Å². The Labute approximate surface area is 160 Å². The van der Waals surface area contributed by atoms with E-state index in [1.807, 2.05) is 22.8 Å². The molecule has 8 heteroatoms. The molecule has 0 atom stereocenters. The largest absolute Gasteiger partial charge is 0.378 e. The summed E-state index contributed by atoms with van der Waals surface area (Å²) in [4.78, 5) is 20.0. The van der Waals surface area contributed by atoms with E-state index in [1.165, 1.54) is 12.3 Å². The zero-order valence-electron chi connectivity index (χ0n) is 15.0. The molecule has 140 valence electrons. The van der Waals surface area contributed by atoms with Crippen molar-refractivity contribution in [3.63, 3.8) is 0 Å². The SMILES string of the molecule is Fc1ccc(-n2c(-c3ccc(N4CCOCC4)nc3)nc3ccncc32)nc1. The van der Waals surface area contributed by atoms with Gasteiger partial charge in [-0.25, -0.2) is 19.3 Å². The highest BCUT2D eigenvalue weighted by atomic mass is 19.1. The minimum atomic E-state index is -0.385. The molecule has 4 aromatic rings. The highest BCUT2D eigenvalue weighted by Gasteiger charge is 2.17. The number of pyridine rings is 3. The maximum absolute atomic E-state index is 13.4. The standard InChI is InChI=1S/C20H17FN6O/c21-15-2-4-19(24-12-15)27-17-13-22-6-5-16(17)25-20(27)14-1-3-18(23-11-14)26-7-9-28-10-8-26/h1-6,11-13H,7-10H2. The maximum atomic E-state index is 13.4. The van der Waals surface area contributed by atoms with Crippen molar-refractivity contribution in [2.45, 2.75) is 0 Å². The summed E-state index contributed by atoms with van der Waals surface area (Å²) in [5.74, 6) is 1.79. The predicted molar refractivity (Wildman–Crippen MR) is 103 cm³/mol. The lowest BCUT2D eigenvalue weighted by atomic mass is 10.2. The molecule has 0 unspecified atom stereocenters. The van der Waals surface area contributed by atoms with Crippen LogP contribution >= 0.6 is 0 Å². The van der Waals surface area contributed by atoms with Crippen molar-refractivity contribution in [2.75, 3.05) is 31.2 Å². The number of hydrogen-bond acceptors (Lipinski definition) is 6. The quantitative estimate of drug-likeness (QED) is 0.548. The fraction of sp³-hybridized carbons (Fsp3) is 0.200. The van der Waals surface area contributed by atoms with Gasteiger partial charge in [0.25, 0.3) is 0 Å². The van der Waals surface area contributed by atoms with E-state index in [9.17, 15) is 4.39 Å². The fourth-order valence-corrected chi connectivity index (χ4v) is 3.35. The number of nitrogens with zero attached hydrogens (tertiary/aromatic N) is 6. The Hall–Kier alpha value is -3.39. The minimum absolute atomic E-state index is 0.385. The van der Waals surface area contributed by atoms with Crippen LogP contribution in [0.25, 0.3) is 28.2 Å². The van der Waals surface area contributed by atoms with Crippen LogP contribution in [-0.2, 0) is 4.74 Å². The fourth-order valence-electron chi connectivity index (χ4n) is 3.35. The van der Waals surface area contributed by atoms with Crippen molar-refractivity contribution in [3.05, 3.63) is 60.9 Å². The smallest absolute Gasteiger partial charge is 0.148 e. The number of hydrogen-bond donors (Lipinski definition) is 0. The molecule has 1 aliphatic heterocycles. The number of morpholine rings is 1. The van der Waals surface area contributed by atoms with Crippen molar-refractivity contribution in [2.24, 2.45) is 0 Å². The number of fused-ring (bicyclic) bond motifs is 1. The van der Waals surface area contributed by atoms with Gasteiger partial charge in [0.2, 0.25) is 0 Å². The Kier molecular flexibility index (Phi) is 4.17. The highest BCUT2D eigenvalue weighted by Crippen LogP contribution is 2.28. The second-order valence-electron chi connectivity index (χ2n) is 6.47. The molecule has 0 saturated carbocycles. The minimum Gasteiger partial charge on any atom is -0.378 e. The van der Waals surface area contributed by atoms with Gasteiger partial charge in [0.05, 0.1) is 36.6 Å². The molecule has 0 amide bonds. The molecule has 5 rings (SSSR count). The van der Waals surface area contributed by atoms with E-state index in [1.54, 1.807) is 24.7 Å². The predicted octanol–water partition coefficient (Wildman–Crippen LogP) is 2.85. The molecule has 1 fully saturated rings. The molecule has 0 bridgehead atoms. The first-order valence-electron chi connectivity index (χ1n) is 9.03. The normalized spacial score (nSPS) is 14.5. The van der Waals surface area contributed by atoms with Crippen molar-refractivity contribution < 1.29 is 9.13 Å². The Balaban J connectivity index is 1.60. The van der Waals surface area contributed by atoms with Gasteiger partial charge in [0.1, 0.15) is 23.3 Å². The topological polar surface area (TPSA) is 69.0 Å². The van der Waals surface area contributed by atoms with E-state index in [4.69, 9.17) is 9.72 Å². The van der Waals surface area contributed by atoms with Crippen LogP contribution in [0.4, 0.5) is 10.2 Å². The Morgan fingerprint density at radius 2 is 1.71 bits per heavy atom. The van der Waals surface area contributed by atoms with E-state index >= 15 is 0 Å². The van der Waals surface area contributed by atoms with Crippen LogP contribution < -0.4 is 4.90 Å². The third kappa shape index (κ3) is 2.97. The number of rotatable bonds is 3. The summed E-state index contributed by atoms with van der Waals surface area (Å²) >= 11 is 0. The van der Waals surface area contributed by atoms with Gasteiger partial charge < -0.3 is 9.64 Å². The Bertz CT molecular complexity index is 1100. The van der Waals surface area contributed by atoms with Crippen molar-refractivity contribution >= 4 is 16.9 Å². The lowest BCUT2D eigenvalue weighted by Gasteiger charge is -2.27. The first-order valence-corrected chi connectivity index (χ1v) is 9.03. The van der Waals surface area contributed by atoms with Gasteiger partial charge in [-0.05, 0) is 30.3 Å². The van der Waals surface area contributed by atoms with Gasteiger partial charge in [-0.2, -0.15) is 0 Å². The van der Waals surface area contributed by atoms with Crippen LogP contribution in [0.3, 0.4) is 0 Å².